The van der Waals surface area contributed by atoms with E-state index in [0.717, 1.165) is 10.7 Å². The largest absolute Gasteiger partial charge is 0.431 e. The molecule has 0 aliphatic carbocycles. The maximum absolute atomic E-state index is 12.7. The molecular weight excluding hydrogens is 235 g/mol. The van der Waals surface area contributed by atoms with Gasteiger partial charge in [-0.3, -0.25) is 0 Å². The molecule has 0 N–H and O–H groups in total. The van der Waals surface area contributed by atoms with Gasteiger partial charge in [-0.1, -0.05) is 6.07 Å². The average Bonchev–Trinajstić information content (AvgIpc) is 2.55. The molecular formula is C10H10F3N3O. The molecule has 0 aliphatic heterocycles. The standard InChI is InChI=1S/C10H10F3N3O/c1-6(2)16-9(17)15-7(10(11,12)13)4-3-5-8(15)14-16/h3-6H,1-2H3. The molecule has 2 rings (SSSR count). The zero-order valence-corrected chi connectivity index (χ0v) is 9.19. The van der Waals surface area contributed by atoms with Gasteiger partial charge in [0.25, 0.3) is 0 Å². The lowest BCUT2D eigenvalue weighted by molar-refractivity contribution is -0.142. The van der Waals surface area contributed by atoms with Gasteiger partial charge in [0.15, 0.2) is 5.65 Å². The van der Waals surface area contributed by atoms with Gasteiger partial charge in [0, 0.05) is 0 Å². The molecule has 0 amide bonds. The van der Waals surface area contributed by atoms with Crippen LogP contribution >= 0.6 is 0 Å². The van der Waals surface area contributed by atoms with E-state index in [9.17, 15) is 18.0 Å². The molecule has 0 aliphatic rings. The highest BCUT2D eigenvalue weighted by Crippen LogP contribution is 2.28. The van der Waals surface area contributed by atoms with Crippen molar-refractivity contribution in [3.63, 3.8) is 0 Å². The number of halogens is 3. The van der Waals surface area contributed by atoms with Crippen LogP contribution in [-0.4, -0.2) is 14.2 Å². The molecule has 2 aromatic rings. The average molecular weight is 245 g/mol. The number of pyridine rings is 1. The van der Waals surface area contributed by atoms with Crippen molar-refractivity contribution >= 4 is 5.65 Å². The highest BCUT2D eigenvalue weighted by Gasteiger charge is 2.34. The Hall–Kier alpha value is -1.79. The molecule has 0 saturated heterocycles. The second-order valence-electron chi connectivity index (χ2n) is 3.92. The van der Waals surface area contributed by atoms with E-state index in [1.165, 1.54) is 12.1 Å². The minimum absolute atomic E-state index is 0.00137. The fourth-order valence-corrected chi connectivity index (χ4v) is 1.59. The summed E-state index contributed by atoms with van der Waals surface area (Å²) < 4.78 is 39.7. The lowest BCUT2D eigenvalue weighted by Crippen LogP contribution is -2.26. The van der Waals surface area contributed by atoms with E-state index < -0.39 is 17.6 Å². The van der Waals surface area contributed by atoms with E-state index in [0.29, 0.717) is 4.40 Å². The minimum atomic E-state index is -4.58. The number of hydrogen-bond acceptors (Lipinski definition) is 2. The fourth-order valence-electron chi connectivity index (χ4n) is 1.59. The zero-order chi connectivity index (χ0) is 12.8. The van der Waals surface area contributed by atoms with Crippen LogP contribution in [0.25, 0.3) is 5.65 Å². The van der Waals surface area contributed by atoms with Gasteiger partial charge in [-0.05, 0) is 26.0 Å². The fraction of sp³-hybridized carbons (Fsp3) is 0.400. The molecule has 0 bridgehead atoms. The van der Waals surface area contributed by atoms with Crippen molar-refractivity contribution in [2.24, 2.45) is 0 Å². The lowest BCUT2D eigenvalue weighted by atomic mass is 10.3. The Bertz CT molecular complexity index is 609. The number of nitrogens with zero attached hydrogens (tertiary/aromatic N) is 3. The van der Waals surface area contributed by atoms with Gasteiger partial charge in [0.2, 0.25) is 0 Å². The van der Waals surface area contributed by atoms with Gasteiger partial charge < -0.3 is 0 Å². The Kier molecular flexibility index (Phi) is 2.48. The van der Waals surface area contributed by atoms with Gasteiger partial charge in [-0.2, -0.15) is 13.2 Å². The monoisotopic (exact) mass is 245 g/mol. The first kappa shape index (κ1) is 11.7. The molecule has 17 heavy (non-hydrogen) atoms. The van der Waals surface area contributed by atoms with Crippen molar-refractivity contribution < 1.29 is 13.2 Å². The predicted molar refractivity (Wildman–Crippen MR) is 54.8 cm³/mol. The first-order chi connectivity index (χ1) is 7.82. The summed E-state index contributed by atoms with van der Waals surface area (Å²) in [6.45, 7) is 3.36. The maximum Gasteiger partial charge on any atom is 0.431 e. The summed E-state index contributed by atoms with van der Waals surface area (Å²) in [7, 11) is 0. The number of rotatable bonds is 1. The van der Waals surface area contributed by atoms with Gasteiger partial charge in [0.05, 0.1) is 6.04 Å². The summed E-state index contributed by atoms with van der Waals surface area (Å²) in [6.07, 6.45) is -4.58. The van der Waals surface area contributed by atoms with Crippen LogP contribution in [0.15, 0.2) is 23.0 Å². The maximum atomic E-state index is 12.7. The summed E-state index contributed by atoms with van der Waals surface area (Å²) >= 11 is 0. The molecule has 2 heterocycles. The molecule has 0 spiro atoms. The van der Waals surface area contributed by atoms with Crippen molar-refractivity contribution in [2.75, 3.05) is 0 Å². The summed E-state index contributed by atoms with van der Waals surface area (Å²) in [5.41, 5.74) is -1.78. The molecule has 0 fully saturated rings. The quantitative estimate of drug-likeness (QED) is 0.771. The first-order valence-corrected chi connectivity index (χ1v) is 5.00. The molecule has 92 valence electrons. The highest BCUT2D eigenvalue weighted by molar-refractivity contribution is 5.39. The molecule has 7 heteroatoms. The van der Waals surface area contributed by atoms with E-state index in [2.05, 4.69) is 5.10 Å². The zero-order valence-electron chi connectivity index (χ0n) is 9.19. The van der Waals surface area contributed by atoms with Crippen molar-refractivity contribution in [1.29, 1.82) is 0 Å². The minimum Gasteiger partial charge on any atom is -0.246 e. The molecule has 0 saturated carbocycles. The van der Waals surface area contributed by atoms with Gasteiger partial charge in [0.1, 0.15) is 5.69 Å². The van der Waals surface area contributed by atoms with Crippen molar-refractivity contribution in [1.82, 2.24) is 14.2 Å². The van der Waals surface area contributed by atoms with Gasteiger partial charge in [-0.25, -0.2) is 13.9 Å². The van der Waals surface area contributed by atoms with Crippen LogP contribution in [0.3, 0.4) is 0 Å². The third kappa shape index (κ3) is 1.81. The van der Waals surface area contributed by atoms with E-state index >= 15 is 0 Å². The third-order valence-corrected chi connectivity index (χ3v) is 2.35. The summed E-state index contributed by atoms with van der Waals surface area (Å²) in [5, 5.41) is 3.85. The first-order valence-electron chi connectivity index (χ1n) is 5.00. The normalized spacial score (nSPS) is 12.6. The van der Waals surface area contributed by atoms with E-state index in [-0.39, 0.29) is 11.7 Å². The number of alkyl halides is 3. The Balaban J connectivity index is 2.86. The second kappa shape index (κ2) is 3.61. The Labute approximate surface area is 94.3 Å². The number of fused-ring (bicyclic) bond motifs is 1. The molecule has 4 nitrogen and oxygen atoms in total. The Morgan fingerprint density at radius 2 is 1.94 bits per heavy atom. The van der Waals surface area contributed by atoms with Crippen LogP contribution in [0.5, 0.6) is 0 Å². The predicted octanol–water partition coefficient (Wildman–Crippen LogP) is 2.10. The SMILES string of the molecule is CC(C)n1nc2cccc(C(F)(F)F)n2c1=O. The van der Waals surface area contributed by atoms with Gasteiger partial charge >= 0.3 is 11.9 Å². The summed E-state index contributed by atoms with van der Waals surface area (Å²) in [5.74, 6) is 0. The van der Waals surface area contributed by atoms with Crippen molar-refractivity contribution in [3.8, 4) is 0 Å². The topological polar surface area (TPSA) is 39.3 Å². The molecule has 0 radical (unpaired) electrons. The summed E-state index contributed by atoms with van der Waals surface area (Å²) in [4.78, 5) is 11.8. The smallest absolute Gasteiger partial charge is 0.246 e. The molecule has 2 aromatic heterocycles. The van der Waals surface area contributed by atoms with E-state index in [1.54, 1.807) is 13.8 Å². The van der Waals surface area contributed by atoms with Crippen LogP contribution in [0.2, 0.25) is 0 Å². The summed E-state index contributed by atoms with van der Waals surface area (Å²) in [6, 6.07) is 3.18. The Morgan fingerprint density at radius 1 is 1.29 bits per heavy atom. The van der Waals surface area contributed by atoms with Crippen LogP contribution in [0.1, 0.15) is 25.6 Å². The lowest BCUT2D eigenvalue weighted by Gasteiger charge is -2.07. The van der Waals surface area contributed by atoms with Crippen LogP contribution < -0.4 is 5.69 Å². The molecule has 0 unspecified atom stereocenters. The van der Waals surface area contributed by atoms with Crippen LogP contribution in [0.4, 0.5) is 13.2 Å². The number of hydrogen-bond donors (Lipinski definition) is 0. The van der Waals surface area contributed by atoms with Gasteiger partial charge in [-0.15, -0.1) is 5.10 Å². The third-order valence-electron chi connectivity index (χ3n) is 2.35. The van der Waals surface area contributed by atoms with Crippen LogP contribution in [0, 0.1) is 0 Å². The van der Waals surface area contributed by atoms with E-state index in [1.807, 2.05) is 0 Å². The van der Waals surface area contributed by atoms with E-state index in [4.69, 9.17) is 0 Å². The second-order valence-corrected chi connectivity index (χ2v) is 3.92. The molecule has 0 atom stereocenters. The van der Waals surface area contributed by atoms with Crippen molar-refractivity contribution in [3.05, 3.63) is 34.4 Å². The molecule has 0 aromatic carbocycles. The van der Waals surface area contributed by atoms with Crippen molar-refractivity contribution in [2.45, 2.75) is 26.1 Å². The number of aromatic nitrogens is 3. The Morgan fingerprint density at radius 3 is 2.47 bits per heavy atom. The van der Waals surface area contributed by atoms with Crippen LogP contribution in [-0.2, 0) is 6.18 Å². The highest BCUT2D eigenvalue weighted by atomic mass is 19.4.